The number of hydrogen-bond donors (Lipinski definition) is 2. The topological polar surface area (TPSA) is 83.6 Å². The van der Waals surface area contributed by atoms with E-state index in [9.17, 15) is 14.7 Å². The fourth-order valence-electron chi connectivity index (χ4n) is 2.25. The Morgan fingerprint density at radius 3 is 2.57 bits per heavy atom. The van der Waals surface area contributed by atoms with Crippen LogP contribution in [-0.4, -0.2) is 22.4 Å². The summed E-state index contributed by atoms with van der Waals surface area (Å²) in [5, 5.41) is 10.6. The van der Waals surface area contributed by atoms with Gasteiger partial charge in [-0.15, -0.1) is 0 Å². The molecule has 0 saturated carbocycles. The van der Waals surface area contributed by atoms with E-state index < -0.39 is 5.91 Å². The van der Waals surface area contributed by atoms with Gasteiger partial charge in [0.1, 0.15) is 5.75 Å². The lowest BCUT2D eigenvalue weighted by atomic mass is 10.0. The van der Waals surface area contributed by atoms with Crippen molar-refractivity contribution >= 4 is 12.3 Å². The van der Waals surface area contributed by atoms with Gasteiger partial charge in [0.25, 0.3) is 5.91 Å². The molecule has 1 rings (SSSR count). The zero-order chi connectivity index (χ0) is 15.7. The number of rotatable bonds is 9. The molecule has 0 bridgehead atoms. The maximum Gasteiger partial charge on any atom is 0.278 e. The number of nitrogens with zero attached hydrogens (tertiary/aromatic N) is 1. The number of unbranched alkanes of at least 4 members (excludes halogenated alkanes) is 5. The van der Waals surface area contributed by atoms with E-state index in [1.165, 1.54) is 31.7 Å². The summed E-state index contributed by atoms with van der Waals surface area (Å²) < 4.78 is 0. The zero-order valence-electron chi connectivity index (χ0n) is 12.5. The minimum Gasteiger partial charge on any atom is -0.507 e. The molecular weight excluding hydrogens is 268 g/mol. The predicted octanol–water partition coefficient (Wildman–Crippen LogP) is 2.77. The summed E-state index contributed by atoms with van der Waals surface area (Å²) in [5.41, 5.74) is 0.781. The van der Waals surface area contributed by atoms with E-state index in [0.29, 0.717) is 11.4 Å². The first-order valence-corrected chi connectivity index (χ1v) is 7.46. The van der Waals surface area contributed by atoms with Crippen molar-refractivity contribution in [3.63, 3.8) is 0 Å². The van der Waals surface area contributed by atoms with Gasteiger partial charge in [-0.3, -0.25) is 9.59 Å². The minimum absolute atomic E-state index is 0.0630. The van der Waals surface area contributed by atoms with Gasteiger partial charge in [-0.25, -0.2) is 10.9 Å². The first kappa shape index (κ1) is 17.2. The second-order valence-electron chi connectivity index (χ2n) is 5.15. The van der Waals surface area contributed by atoms with Crippen molar-refractivity contribution in [2.45, 2.75) is 51.9 Å². The van der Waals surface area contributed by atoms with Crippen molar-refractivity contribution in [2.75, 3.05) is 0 Å². The third-order valence-corrected chi connectivity index (χ3v) is 3.50. The fourth-order valence-corrected chi connectivity index (χ4v) is 2.25. The number of hydrogen-bond acceptors (Lipinski definition) is 4. The number of carbonyl (C=O) groups excluding carboxylic acids is 2. The molecule has 1 aromatic rings. The second-order valence-corrected chi connectivity index (χ2v) is 5.15. The van der Waals surface area contributed by atoms with Crippen molar-refractivity contribution in [3.8, 4) is 5.75 Å². The van der Waals surface area contributed by atoms with Crippen LogP contribution in [0.25, 0.3) is 0 Å². The Labute approximate surface area is 125 Å². The van der Waals surface area contributed by atoms with Crippen LogP contribution in [0.4, 0.5) is 0 Å². The number of para-hydroxylation sites is 1. The summed E-state index contributed by atoms with van der Waals surface area (Å²) in [6.07, 6.45) is 7.92. The Kier molecular flexibility index (Phi) is 7.46. The summed E-state index contributed by atoms with van der Waals surface area (Å²) in [5.74, 6) is 4.46. The number of phenolic OH excluding ortho intramolecular Hbond substituents is 1. The molecule has 0 fully saturated rings. The SMILES string of the molecule is CCCCCCCCc1cccc(C(=O)N(N)C=O)c1O. The number of benzene rings is 1. The van der Waals surface area contributed by atoms with E-state index in [1.54, 1.807) is 12.1 Å². The van der Waals surface area contributed by atoms with Gasteiger partial charge in [-0.1, -0.05) is 51.2 Å². The van der Waals surface area contributed by atoms with E-state index in [4.69, 9.17) is 5.84 Å². The third-order valence-electron chi connectivity index (χ3n) is 3.50. The van der Waals surface area contributed by atoms with Crippen molar-refractivity contribution in [1.29, 1.82) is 0 Å². The summed E-state index contributed by atoms with van der Waals surface area (Å²) in [6.45, 7) is 2.18. The summed E-state index contributed by atoms with van der Waals surface area (Å²) in [7, 11) is 0. The van der Waals surface area contributed by atoms with Gasteiger partial charge in [0.15, 0.2) is 0 Å². The molecule has 0 aliphatic heterocycles. The van der Waals surface area contributed by atoms with Crippen LogP contribution in [0.5, 0.6) is 5.75 Å². The molecule has 3 N–H and O–H groups in total. The molecule has 1 aromatic carbocycles. The average molecular weight is 292 g/mol. The van der Waals surface area contributed by atoms with Gasteiger partial charge in [-0.05, 0) is 24.5 Å². The van der Waals surface area contributed by atoms with Crippen molar-refractivity contribution in [3.05, 3.63) is 29.3 Å². The smallest absolute Gasteiger partial charge is 0.278 e. The highest BCUT2D eigenvalue weighted by Gasteiger charge is 2.17. The van der Waals surface area contributed by atoms with Crippen LogP contribution < -0.4 is 5.84 Å². The molecule has 0 aromatic heterocycles. The average Bonchev–Trinajstić information content (AvgIpc) is 2.50. The van der Waals surface area contributed by atoms with Crippen LogP contribution in [-0.2, 0) is 11.2 Å². The standard InChI is InChI=1S/C16H24N2O3/c1-2-3-4-5-6-7-9-13-10-8-11-14(15(13)20)16(21)18(17)12-19/h8,10-12,20H,2-7,9,17H2,1H3. The number of hydrazine groups is 1. The van der Waals surface area contributed by atoms with Gasteiger partial charge in [0, 0.05) is 0 Å². The molecule has 0 spiro atoms. The summed E-state index contributed by atoms with van der Waals surface area (Å²) in [6, 6.07) is 4.95. The first-order chi connectivity index (χ1) is 10.1. The van der Waals surface area contributed by atoms with Crippen molar-refractivity contribution in [1.82, 2.24) is 5.01 Å². The van der Waals surface area contributed by atoms with Crippen LogP contribution >= 0.6 is 0 Å². The van der Waals surface area contributed by atoms with Gasteiger partial charge < -0.3 is 5.11 Å². The number of phenols is 1. The molecule has 21 heavy (non-hydrogen) atoms. The van der Waals surface area contributed by atoms with Crippen LogP contribution in [0, 0.1) is 0 Å². The normalized spacial score (nSPS) is 10.4. The van der Waals surface area contributed by atoms with E-state index in [0.717, 1.165) is 18.4 Å². The van der Waals surface area contributed by atoms with Crippen LogP contribution in [0.15, 0.2) is 18.2 Å². The third kappa shape index (κ3) is 5.19. The number of amides is 2. The maximum absolute atomic E-state index is 11.8. The van der Waals surface area contributed by atoms with Gasteiger partial charge in [0.05, 0.1) is 5.56 Å². The quantitative estimate of drug-likeness (QED) is 0.241. The Morgan fingerprint density at radius 2 is 1.90 bits per heavy atom. The van der Waals surface area contributed by atoms with E-state index in [2.05, 4.69) is 6.92 Å². The summed E-state index contributed by atoms with van der Waals surface area (Å²) in [4.78, 5) is 22.3. The van der Waals surface area contributed by atoms with Gasteiger partial charge in [0.2, 0.25) is 6.41 Å². The molecule has 0 aliphatic rings. The van der Waals surface area contributed by atoms with Gasteiger partial charge >= 0.3 is 0 Å². The highest BCUT2D eigenvalue weighted by molar-refractivity contribution is 6.01. The van der Waals surface area contributed by atoms with E-state index in [-0.39, 0.29) is 17.7 Å². The number of aryl methyl sites for hydroxylation is 1. The lowest BCUT2D eigenvalue weighted by molar-refractivity contribution is -0.116. The second kappa shape index (κ2) is 9.13. The molecule has 0 heterocycles. The Morgan fingerprint density at radius 1 is 1.24 bits per heavy atom. The molecule has 5 nitrogen and oxygen atoms in total. The molecule has 0 saturated heterocycles. The Hall–Kier alpha value is -1.88. The molecule has 116 valence electrons. The molecule has 0 aliphatic carbocycles. The minimum atomic E-state index is -0.702. The summed E-state index contributed by atoms with van der Waals surface area (Å²) >= 11 is 0. The van der Waals surface area contributed by atoms with Crippen LogP contribution in [0.2, 0.25) is 0 Å². The number of imide groups is 1. The Balaban J connectivity index is 2.60. The highest BCUT2D eigenvalue weighted by Crippen LogP contribution is 2.25. The largest absolute Gasteiger partial charge is 0.507 e. The molecular formula is C16H24N2O3. The van der Waals surface area contributed by atoms with Gasteiger partial charge in [-0.2, -0.15) is 0 Å². The van der Waals surface area contributed by atoms with E-state index in [1.807, 2.05) is 0 Å². The molecule has 0 unspecified atom stereocenters. The first-order valence-electron chi connectivity index (χ1n) is 7.46. The van der Waals surface area contributed by atoms with Crippen molar-refractivity contribution < 1.29 is 14.7 Å². The lowest BCUT2D eigenvalue weighted by Gasteiger charge is -2.12. The number of aromatic hydroxyl groups is 1. The number of nitrogens with two attached hydrogens (primary N) is 1. The fraction of sp³-hybridized carbons (Fsp3) is 0.500. The zero-order valence-corrected chi connectivity index (χ0v) is 12.5. The molecule has 2 amide bonds. The lowest BCUT2D eigenvalue weighted by Crippen LogP contribution is -2.36. The van der Waals surface area contributed by atoms with E-state index >= 15 is 0 Å². The van der Waals surface area contributed by atoms with Crippen LogP contribution in [0.3, 0.4) is 0 Å². The maximum atomic E-state index is 11.8. The predicted molar refractivity (Wildman–Crippen MR) is 81.6 cm³/mol. The molecule has 0 atom stereocenters. The number of carbonyl (C=O) groups is 2. The Bertz CT molecular complexity index is 475. The highest BCUT2D eigenvalue weighted by atomic mass is 16.3. The van der Waals surface area contributed by atoms with Crippen molar-refractivity contribution in [2.24, 2.45) is 5.84 Å². The monoisotopic (exact) mass is 292 g/mol. The molecule has 0 radical (unpaired) electrons. The van der Waals surface area contributed by atoms with Crippen LogP contribution in [0.1, 0.15) is 61.4 Å². The molecule has 5 heteroatoms.